The van der Waals surface area contributed by atoms with Gasteiger partial charge in [0.15, 0.2) is 5.65 Å². The van der Waals surface area contributed by atoms with E-state index in [1.165, 1.54) is 16.8 Å². The first-order chi connectivity index (χ1) is 21.5. The molecule has 0 fully saturated rings. The summed E-state index contributed by atoms with van der Waals surface area (Å²) in [5.74, 6) is -2.05. The Labute approximate surface area is 254 Å². The summed E-state index contributed by atoms with van der Waals surface area (Å²) in [6.07, 6.45) is 2.54. The van der Waals surface area contributed by atoms with Gasteiger partial charge in [-0.3, -0.25) is 19.2 Å². The molecule has 0 bridgehead atoms. The Balaban J connectivity index is 1.18. The lowest BCUT2D eigenvalue weighted by atomic mass is 9.98. The van der Waals surface area contributed by atoms with Gasteiger partial charge in [-0.05, 0) is 53.6 Å². The van der Waals surface area contributed by atoms with Crippen molar-refractivity contribution in [2.45, 2.75) is 38.9 Å². The smallest absolute Gasteiger partial charge is 0.335 e. The number of fused-ring (bicyclic) bond motifs is 2. The van der Waals surface area contributed by atoms with Crippen LogP contribution in [0.25, 0.3) is 5.65 Å². The maximum atomic E-state index is 13.6. The van der Waals surface area contributed by atoms with Crippen molar-refractivity contribution in [2.75, 3.05) is 16.8 Å². The van der Waals surface area contributed by atoms with E-state index in [0.717, 1.165) is 22.3 Å². The first-order valence-corrected chi connectivity index (χ1v) is 14.0. The number of aromatic nitrogens is 3. The van der Waals surface area contributed by atoms with E-state index < -0.39 is 28.6 Å². The van der Waals surface area contributed by atoms with E-state index >= 15 is 0 Å². The van der Waals surface area contributed by atoms with Gasteiger partial charge < -0.3 is 32.5 Å². The number of carboxylic acids is 1. The van der Waals surface area contributed by atoms with Gasteiger partial charge in [-0.25, -0.2) is 14.3 Å². The fraction of sp³-hybridized carbons (Fsp3) is 0.194. The predicted octanol–water partition coefficient (Wildman–Crippen LogP) is 1.46. The second kappa shape index (κ2) is 11.2. The Morgan fingerprint density at radius 3 is 2.51 bits per heavy atom. The highest BCUT2D eigenvalue weighted by molar-refractivity contribution is 5.99. The molecular formula is C31H28N8O6. The van der Waals surface area contributed by atoms with Gasteiger partial charge in [0.25, 0.3) is 22.7 Å². The molecule has 1 aliphatic carbocycles. The number of nitrogens with two attached hydrogens (primary N) is 2. The highest BCUT2D eigenvalue weighted by Crippen LogP contribution is 2.35. The molecule has 3 aromatic carbocycles. The molecule has 14 nitrogen and oxygen atoms in total. The lowest BCUT2D eigenvalue weighted by molar-refractivity contribution is 0.0695. The molecule has 8 N–H and O–H groups in total. The molecule has 14 heteroatoms. The lowest BCUT2D eigenvalue weighted by Gasteiger charge is -2.16. The van der Waals surface area contributed by atoms with Crippen LogP contribution in [0.3, 0.4) is 0 Å². The number of nitrogen functional groups attached to an aromatic ring is 2. The van der Waals surface area contributed by atoms with Crippen molar-refractivity contribution < 1.29 is 19.5 Å². The summed E-state index contributed by atoms with van der Waals surface area (Å²) in [6, 6.07) is 11.5. The van der Waals surface area contributed by atoms with Gasteiger partial charge in [0.2, 0.25) is 0 Å². The van der Waals surface area contributed by atoms with E-state index in [1.807, 2.05) is 12.1 Å². The maximum Gasteiger partial charge on any atom is 0.335 e. The Kier molecular flexibility index (Phi) is 7.24. The van der Waals surface area contributed by atoms with E-state index in [0.29, 0.717) is 18.4 Å². The minimum absolute atomic E-state index is 0.0398. The number of rotatable bonds is 9. The lowest BCUT2D eigenvalue weighted by Crippen LogP contribution is -2.36. The first-order valence-electron chi connectivity index (χ1n) is 14.0. The quantitative estimate of drug-likeness (QED) is 0.131. The van der Waals surface area contributed by atoms with Crippen molar-refractivity contribution in [3.8, 4) is 0 Å². The second-order valence-electron chi connectivity index (χ2n) is 10.8. The summed E-state index contributed by atoms with van der Waals surface area (Å²) < 4.78 is 1.27. The number of amides is 2. The SMILES string of the molecule is Cc1c(C(=O)O)ccc2c1CC[C@@H]2NC(=O)c1cc(C(=O)NCc2cccc(CNc3c(N)c(=O)c3=O)c2)nc2c(N)cnn12. The van der Waals surface area contributed by atoms with Gasteiger partial charge in [-0.15, -0.1) is 0 Å². The van der Waals surface area contributed by atoms with E-state index in [1.54, 1.807) is 31.2 Å². The van der Waals surface area contributed by atoms with Crippen molar-refractivity contribution >= 4 is 40.5 Å². The molecule has 228 valence electrons. The van der Waals surface area contributed by atoms with Crippen molar-refractivity contribution in [1.82, 2.24) is 25.2 Å². The molecule has 0 saturated heterocycles. The van der Waals surface area contributed by atoms with Crippen LogP contribution in [0.5, 0.6) is 0 Å². The number of nitrogens with zero attached hydrogens (tertiary/aromatic N) is 3. The van der Waals surface area contributed by atoms with Gasteiger partial charge in [-0.1, -0.05) is 30.3 Å². The minimum Gasteiger partial charge on any atom is -0.478 e. The third kappa shape index (κ3) is 5.22. The average Bonchev–Trinajstić information content (AvgIpc) is 3.62. The van der Waals surface area contributed by atoms with E-state index in [-0.39, 0.29) is 58.8 Å². The van der Waals surface area contributed by atoms with Crippen molar-refractivity contribution in [3.05, 3.63) is 114 Å². The largest absolute Gasteiger partial charge is 0.478 e. The average molecular weight is 609 g/mol. The van der Waals surface area contributed by atoms with Crippen LogP contribution < -0.4 is 38.3 Å². The number of nitrogens with one attached hydrogen (secondary N) is 3. The summed E-state index contributed by atoms with van der Waals surface area (Å²) in [7, 11) is 0. The van der Waals surface area contributed by atoms with E-state index in [4.69, 9.17) is 11.5 Å². The van der Waals surface area contributed by atoms with Crippen LogP contribution in [0.15, 0.2) is 58.3 Å². The van der Waals surface area contributed by atoms with E-state index in [9.17, 15) is 29.1 Å². The monoisotopic (exact) mass is 608 g/mol. The van der Waals surface area contributed by atoms with Gasteiger partial charge in [0, 0.05) is 19.2 Å². The summed E-state index contributed by atoms with van der Waals surface area (Å²) in [6.45, 7) is 2.15. The van der Waals surface area contributed by atoms with Crippen LogP contribution >= 0.6 is 0 Å². The predicted molar refractivity (Wildman–Crippen MR) is 165 cm³/mol. The molecule has 1 atom stereocenters. The Bertz CT molecular complexity index is 2110. The Hall–Kier alpha value is -6.05. The molecule has 0 aliphatic heterocycles. The standard InChI is InChI=1S/C31H28N8O6/c1-14-17-7-8-21(19(17)6-5-18(14)31(44)45)38-30(43)23-10-22(37-28-20(32)13-36-39(23)28)29(42)35-12-16-4-2-3-15(9-16)11-34-25-24(33)26(40)27(25)41/h2-6,9-10,13,21,34H,7-8,11-12,32-33H2,1H3,(H,35,42)(H,38,43)(H,44,45)/t21-/m0/s1. The number of carbonyl (C=O) groups excluding carboxylic acids is 2. The van der Waals surface area contributed by atoms with Crippen molar-refractivity contribution in [2.24, 2.45) is 0 Å². The molecule has 0 radical (unpaired) electrons. The molecule has 5 aromatic rings. The highest BCUT2D eigenvalue weighted by atomic mass is 16.4. The molecule has 0 saturated carbocycles. The second-order valence-corrected chi connectivity index (χ2v) is 10.8. The van der Waals surface area contributed by atoms with E-state index in [2.05, 4.69) is 26.0 Å². The van der Waals surface area contributed by atoms with Gasteiger partial charge in [0.1, 0.15) is 22.8 Å². The number of benzene rings is 2. The highest BCUT2D eigenvalue weighted by Gasteiger charge is 2.29. The summed E-state index contributed by atoms with van der Waals surface area (Å²) in [4.78, 5) is 65.7. The van der Waals surface area contributed by atoms with Gasteiger partial charge in [-0.2, -0.15) is 5.10 Å². The molecule has 0 spiro atoms. The Morgan fingerprint density at radius 2 is 1.78 bits per heavy atom. The molecule has 0 unspecified atom stereocenters. The number of aromatic carboxylic acids is 1. The number of hydrogen-bond acceptors (Lipinski definition) is 10. The number of hydrogen-bond donors (Lipinski definition) is 6. The number of anilines is 3. The molecule has 45 heavy (non-hydrogen) atoms. The van der Waals surface area contributed by atoms with Crippen LogP contribution in [0.2, 0.25) is 0 Å². The number of carbonyl (C=O) groups is 3. The maximum absolute atomic E-state index is 13.6. The van der Waals surface area contributed by atoms with Crippen molar-refractivity contribution in [3.63, 3.8) is 0 Å². The number of carboxylic acid groups (broad SMARTS) is 1. The summed E-state index contributed by atoms with van der Waals surface area (Å²) >= 11 is 0. The summed E-state index contributed by atoms with van der Waals surface area (Å²) in [5, 5.41) is 22.3. The van der Waals surface area contributed by atoms with Crippen LogP contribution in [0.1, 0.15) is 71.6 Å². The molecule has 6 rings (SSSR count). The minimum atomic E-state index is -1.00. The molecule has 2 heterocycles. The first kappa shape index (κ1) is 29.0. The zero-order valence-corrected chi connectivity index (χ0v) is 24.0. The van der Waals surface area contributed by atoms with Crippen LogP contribution in [0.4, 0.5) is 17.1 Å². The topological polar surface area (TPSA) is 224 Å². The van der Waals surface area contributed by atoms with Crippen LogP contribution in [-0.4, -0.2) is 37.5 Å². The third-order valence-electron chi connectivity index (χ3n) is 8.05. The molecule has 1 aliphatic rings. The zero-order valence-electron chi connectivity index (χ0n) is 24.0. The van der Waals surface area contributed by atoms with Crippen LogP contribution in [0, 0.1) is 6.92 Å². The normalized spacial score (nSPS) is 13.9. The fourth-order valence-corrected chi connectivity index (χ4v) is 5.65. The fourth-order valence-electron chi connectivity index (χ4n) is 5.65. The third-order valence-corrected chi connectivity index (χ3v) is 8.05. The van der Waals surface area contributed by atoms with Crippen LogP contribution in [-0.2, 0) is 19.5 Å². The van der Waals surface area contributed by atoms with Crippen molar-refractivity contribution in [1.29, 1.82) is 0 Å². The molecule has 2 amide bonds. The van der Waals surface area contributed by atoms with Gasteiger partial charge >= 0.3 is 5.97 Å². The van der Waals surface area contributed by atoms with Gasteiger partial charge in [0.05, 0.1) is 23.5 Å². The molecule has 2 aromatic heterocycles. The zero-order chi connectivity index (χ0) is 32.0. The Morgan fingerprint density at radius 1 is 1.02 bits per heavy atom. The molecular weight excluding hydrogens is 580 g/mol. The summed E-state index contributed by atoms with van der Waals surface area (Å²) in [5.41, 5.74) is 14.8.